The Balaban J connectivity index is 2.10. The molecule has 13 heavy (non-hydrogen) atoms. The standard InChI is InChI=1S/C12H18O/c1-3-4-10-5-9-6-11(8(2)13)12(10)7-9/h3-4,9-12H,5-7H2,1-2H3/b4-3-. The molecule has 0 N–H and O–H groups in total. The van der Waals surface area contributed by atoms with Gasteiger partial charge in [0.1, 0.15) is 5.78 Å². The Labute approximate surface area is 80.2 Å². The van der Waals surface area contributed by atoms with Gasteiger partial charge in [0.15, 0.2) is 0 Å². The van der Waals surface area contributed by atoms with Crippen LogP contribution in [0.15, 0.2) is 12.2 Å². The van der Waals surface area contributed by atoms with Crippen molar-refractivity contribution in [2.24, 2.45) is 23.7 Å². The number of ketones is 1. The third-order valence-electron chi connectivity index (χ3n) is 3.83. The summed E-state index contributed by atoms with van der Waals surface area (Å²) < 4.78 is 0. The van der Waals surface area contributed by atoms with Crippen LogP contribution in [-0.2, 0) is 4.79 Å². The van der Waals surface area contributed by atoms with E-state index in [0.717, 1.165) is 5.92 Å². The lowest BCUT2D eigenvalue weighted by molar-refractivity contribution is -0.122. The summed E-state index contributed by atoms with van der Waals surface area (Å²) in [6.07, 6.45) is 8.26. The van der Waals surface area contributed by atoms with Crippen molar-refractivity contribution in [2.45, 2.75) is 33.1 Å². The monoisotopic (exact) mass is 178 g/mol. The summed E-state index contributed by atoms with van der Waals surface area (Å²) in [6.45, 7) is 3.84. The second-order valence-corrected chi connectivity index (χ2v) is 4.64. The van der Waals surface area contributed by atoms with Gasteiger partial charge < -0.3 is 0 Å². The summed E-state index contributed by atoms with van der Waals surface area (Å²) >= 11 is 0. The van der Waals surface area contributed by atoms with Crippen molar-refractivity contribution < 1.29 is 4.79 Å². The molecule has 0 aromatic heterocycles. The van der Waals surface area contributed by atoms with E-state index in [9.17, 15) is 4.79 Å². The Morgan fingerprint density at radius 3 is 2.62 bits per heavy atom. The summed E-state index contributed by atoms with van der Waals surface area (Å²) in [5.41, 5.74) is 0. The van der Waals surface area contributed by atoms with E-state index in [1.807, 2.05) is 0 Å². The normalized spacial score (nSPS) is 43.2. The first kappa shape index (κ1) is 8.98. The van der Waals surface area contributed by atoms with Gasteiger partial charge in [-0.25, -0.2) is 0 Å². The molecule has 0 heterocycles. The first-order valence-electron chi connectivity index (χ1n) is 5.35. The molecule has 2 aliphatic carbocycles. The van der Waals surface area contributed by atoms with Crippen molar-refractivity contribution in [3.63, 3.8) is 0 Å². The fourth-order valence-corrected chi connectivity index (χ4v) is 3.34. The van der Waals surface area contributed by atoms with Gasteiger partial charge in [0.2, 0.25) is 0 Å². The topological polar surface area (TPSA) is 17.1 Å². The lowest BCUT2D eigenvalue weighted by Gasteiger charge is -2.25. The predicted octanol–water partition coefficient (Wildman–Crippen LogP) is 2.81. The van der Waals surface area contributed by atoms with Crippen molar-refractivity contribution in [1.29, 1.82) is 0 Å². The van der Waals surface area contributed by atoms with Crippen molar-refractivity contribution in [1.82, 2.24) is 0 Å². The number of fused-ring (bicyclic) bond motifs is 2. The van der Waals surface area contributed by atoms with Gasteiger partial charge in [0.25, 0.3) is 0 Å². The molecule has 0 amide bonds. The molecule has 4 unspecified atom stereocenters. The number of Topliss-reactive ketones (excluding diaryl/α,β-unsaturated/α-hetero) is 1. The number of rotatable bonds is 2. The molecule has 2 aliphatic rings. The Kier molecular flexibility index (Phi) is 2.27. The molecule has 1 heteroatoms. The Hall–Kier alpha value is -0.590. The summed E-state index contributed by atoms with van der Waals surface area (Å²) in [4.78, 5) is 11.4. The van der Waals surface area contributed by atoms with Crippen molar-refractivity contribution in [3.8, 4) is 0 Å². The van der Waals surface area contributed by atoms with Crippen LogP contribution in [0.5, 0.6) is 0 Å². The molecular weight excluding hydrogens is 160 g/mol. The maximum Gasteiger partial charge on any atom is 0.133 e. The zero-order valence-electron chi connectivity index (χ0n) is 8.49. The first-order chi connectivity index (χ1) is 6.22. The van der Waals surface area contributed by atoms with Crippen LogP contribution >= 0.6 is 0 Å². The van der Waals surface area contributed by atoms with Gasteiger partial charge in [-0.15, -0.1) is 0 Å². The fourth-order valence-electron chi connectivity index (χ4n) is 3.34. The van der Waals surface area contributed by atoms with Crippen LogP contribution in [0.3, 0.4) is 0 Å². The van der Waals surface area contributed by atoms with E-state index in [0.29, 0.717) is 23.5 Å². The van der Waals surface area contributed by atoms with E-state index < -0.39 is 0 Å². The molecule has 0 radical (unpaired) electrons. The molecule has 4 atom stereocenters. The number of allylic oxidation sites excluding steroid dienone is 2. The van der Waals surface area contributed by atoms with E-state index in [-0.39, 0.29) is 0 Å². The molecule has 0 aromatic rings. The van der Waals surface area contributed by atoms with Gasteiger partial charge in [-0.1, -0.05) is 12.2 Å². The second-order valence-electron chi connectivity index (χ2n) is 4.64. The average Bonchev–Trinajstić information content (AvgIpc) is 2.62. The minimum atomic E-state index is 0.389. The molecule has 2 fully saturated rings. The molecule has 0 aromatic carbocycles. The minimum absolute atomic E-state index is 0.389. The molecule has 1 nitrogen and oxygen atoms in total. The Morgan fingerprint density at radius 2 is 2.08 bits per heavy atom. The maximum atomic E-state index is 11.4. The molecule has 72 valence electrons. The predicted molar refractivity (Wildman–Crippen MR) is 53.3 cm³/mol. The van der Waals surface area contributed by atoms with E-state index >= 15 is 0 Å². The van der Waals surface area contributed by atoms with Gasteiger partial charge in [0, 0.05) is 5.92 Å². The second kappa shape index (κ2) is 3.28. The van der Waals surface area contributed by atoms with Crippen molar-refractivity contribution >= 4 is 5.78 Å². The third kappa shape index (κ3) is 1.45. The maximum absolute atomic E-state index is 11.4. The molecule has 0 saturated heterocycles. The Morgan fingerprint density at radius 1 is 1.31 bits per heavy atom. The zero-order chi connectivity index (χ0) is 9.42. The lowest BCUT2D eigenvalue weighted by Crippen LogP contribution is -2.24. The number of hydrogen-bond acceptors (Lipinski definition) is 1. The van der Waals surface area contributed by atoms with Gasteiger partial charge in [-0.3, -0.25) is 4.79 Å². The quantitative estimate of drug-likeness (QED) is 0.594. The summed E-state index contributed by atoms with van der Waals surface area (Å²) in [7, 11) is 0. The van der Waals surface area contributed by atoms with E-state index in [2.05, 4.69) is 19.1 Å². The SMILES string of the molecule is C/C=C\C1CC2CC(C(C)=O)C1C2. The van der Waals surface area contributed by atoms with Crippen LogP contribution in [0.1, 0.15) is 33.1 Å². The molecule has 2 bridgehead atoms. The van der Waals surface area contributed by atoms with Crippen LogP contribution in [0.25, 0.3) is 0 Å². The molecular formula is C12H18O. The summed E-state index contributed by atoms with van der Waals surface area (Å²) in [6, 6.07) is 0. The van der Waals surface area contributed by atoms with Gasteiger partial charge >= 0.3 is 0 Å². The minimum Gasteiger partial charge on any atom is -0.300 e. The van der Waals surface area contributed by atoms with Crippen LogP contribution in [0.4, 0.5) is 0 Å². The molecule has 2 rings (SSSR count). The van der Waals surface area contributed by atoms with E-state index in [4.69, 9.17) is 0 Å². The number of carbonyl (C=O) groups is 1. The van der Waals surface area contributed by atoms with Crippen LogP contribution in [0, 0.1) is 23.7 Å². The highest BCUT2D eigenvalue weighted by Gasteiger charge is 2.46. The average molecular weight is 178 g/mol. The number of carbonyl (C=O) groups excluding carboxylic acids is 1. The number of hydrogen-bond donors (Lipinski definition) is 0. The van der Waals surface area contributed by atoms with E-state index in [1.165, 1.54) is 19.3 Å². The highest BCUT2D eigenvalue weighted by Crippen LogP contribution is 2.52. The van der Waals surface area contributed by atoms with Gasteiger partial charge in [0.05, 0.1) is 0 Å². The van der Waals surface area contributed by atoms with Crippen LogP contribution < -0.4 is 0 Å². The van der Waals surface area contributed by atoms with Crippen LogP contribution in [-0.4, -0.2) is 5.78 Å². The smallest absolute Gasteiger partial charge is 0.133 e. The fraction of sp³-hybridized carbons (Fsp3) is 0.750. The highest BCUT2D eigenvalue weighted by atomic mass is 16.1. The lowest BCUT2D eigenvalue weighted by atomic mass is 9.79. The highest BCUT2D eigenvalue weighted by molar-refractivity contribution is 5.79. The Bertz CT molecular complexity index is 242. The summed E-state index contributed by atoms with van der Waals surface area (Å²) in [5, 5.41) is 0. The van der Waals surface area contributed by atoms with Crippen molar-refractivity contribution in [3.05, 3.63) is 12.2 Å². The molecule has 2 saturated carbocycles. The summed E-state index contributed by atoms with van der Waals surface area (Å²) in [5.74, 6) is 3.04. The van der Waals surface area contributed by atoms with Crippen molar-refractivity contribution in [2.75, 3.05) is 0 Å². The molecule has 0 spiro atoms. The van der Waals surface area contributed by atoms with Crippen LogP contribution in [0.2, 0.25) is 0 Å². The van der Waals surface area contributed by atoms with Gasteiger partial charge in [-0.05, 0) is 50.9 Å². The van der Waals surface area contributed by atoms with E-state index in [1.54, 1.807) is 6.92 Å². The largest absolute Gasteiger partial charge is 0.300 e. The zero-order valence-corrected chi connectivity index (χ0v) is 8.49. The van der Waals surface area contributed by atoms with Gasteiger partial charge in [-0.2, -0.15) is 0 Å². The third-order valence-corrected chi connectivity index (χ3v) is 3.83. The molecule has 0 aliphatic heterocycles. The first-order valence-corrected chi connectivity index (χ1v) is 5.35.